The summed E-state index contributed by atoms with van der Waals surface area (Å²) in [5.41, 5.74) is 0.235. The Morgan fingerprint density at radius 2 is 2.09 bits per heavy atom. The minimum atomic E-state index is -0.570. The van der Waals surface area contributed by atoms with Gasteiger partial charge in [0.2, 0.25) is 5.75 Å². The van der Waals surface area contributed by atoms with Gasteiger partial charge in [0.15, 0.2) is 0 Å². The van der Waals surface area contributed by atoms with Gasteiger partial charge in [-0.25, -0.2) is 4.98 Å². The van der Waals surface area contributed by atoms with E-state index < -0.39 is 4.92 Å². The first-order valence-electron chi connectivity index (χ1n) is 9.57. The molecule has 0 radical (unpaired) electrons. The standard InChI is InChI=1S/C22H18Br2N4O4/c1-4-8-32-20-14(9-16(24)11-19(20)28(30)31)12-25-27-21(13(3)5-2)26-18-7-6-15(23)10-17(18)22(27)29/h1,6-7,9-13H,5,8H2,2-3H3/t13-/m0/s1. The minimum absolute atomic E-state index is 0.0328. The number of nitrogens with zero attached hydrogens (tertiary/aromatic N) is 4. The molecule has 2 aromatic carbocycles. The molecular weight excluding hydrogens is 544 g/mol. The summed E-state index contributed by atoms with van der Waals surface area (Å²) in [5, 5.41) is 16.3. The molecule has 3 rings (SSSR count). The molecule has 0 N–H and O–H groups in total. The molecule has 3 aromatic rings. The molecular formula is C22H18Br2N4O4. The molecule has 0 saturated heterocycles. The average Bonchev–Trinajstić information content (AvgIpc) is 2.76. The van der Waals surface area contributed by atoms with Gasteiger partial charge in [-0.05, 0) is 30.7 Å². The number of hydrogen-bond donors (Lipinski definition) is 0. The number of nitro benzene ring substituents is 1. The molecule has 164 valence electrons. The van der Waals surface area contributed by atoms with Gasteiger partial charge in [0.1, 0.15) is 12.4 Å². The maximum absolute atomic E-state index is 13.3. The second-order valence-electron chi connectivity index (χ2n) is 6.90. The van der Waals surface area contributed by atoms with E-state index in [9.17, 15) is 14.9 Å². The number of nitro groups is 1. The second-order valence-corrected chi connectivity index (χ2v) is 8.73. The molecule has 8 nitrogen and oxygen atoms in total. The summed E-state index contributed by atoms with van der Waals surface area (Å²) >= 11 is 6.64. The van der Waals surface area contributed by atoms with Gasteiger partial charge in [-0.2, -0.15) is 9.78 Å². The first-order valence-corrected chi connectivity index (χ1v) is 11.2. The van der Waals surface area contributed by atoms with Crippen LogP contribution in [0.4, 0.5) is 5.69 Å². The molecule has 0 spiro atoms. The molecule has 0 unspecified atom stereocenters. The molecule has 0 amide bonds. The average molecular weight is 562 g/mol. The minimum Gasteiger partial charge on any atom is -0.473 e. The first-order chi connectivity index (χ1) is 15.3. The molecule has 0 bridgehead atoms. The number of fused-ring (bicyclic) bond motifs is 1. The molecule has 0 fully saturated rings. The highest BCUT2D eigenvalue weighted by Crippen LogP contribution is 2.34. The van der Waals surface area contributed by atoms with Crippen LogP contribution in [0, 0.1) is 22.5 Å². The van der Waals surface area contributed by atoms with Crippen LogP contribution >= 0.6 is 31.9 Å². The zero-order valence-corrected chi connectivity index (χ0v) is 20.4. The third-order valence-corrected chi connectivity index (χ3v) is 5.71. The Hall–Kier alpha value is -3.03. The van der Waals surface area contributed by atoms with Crippen LogP contribution in [0.25, 0.3) is 10.9 Å². The Bertz CT molecular complexity index is 1330. The summed E-state index contributed by atoms with van der Waals surface area (Å²) in [4.78, 5) is 28.9. The van der Waals surface area contributed by atoms with Crippen LogP contribution in [0.3, 0.4) is 0 Å². The van der Waals surface area contributed by atoms with E-state index in [1.165, 1.54) is 17.0 Å². The maximum Gasteiger partial charge on any atom is 0.312 e. The van der Waals surface area contributed by atoms with Gasteiger partial charge < -0.3 is 4.74 Å². The van der Waals surface area contributed by atoms with Crippen molar-refractivity contribution in [2.45, 2.75) is 26.2 Å². The van der Waals surface area contributed by atoms with E-state index in [1.807, 2.05) is 19.9 Å². The SMILES string of the molecule is C#CCOc1c(C=Nn2c([C@@H](C)CC)nc3ccc(Br)cc3c2=O)cc(Br)cc1[N+](=O)[O-]. The van der Waals surface area contributed by atoms with E-state index in [4.69, 9.17) is 11.2 Å². The summed E-state index contributed by atoms with van der Waals surface area (Å²) in [6.07, 6.45) is 7.33. The highest BCUT2D eigenvalue weighted by molar-refractivity contribution is 9.10. The molecule has 1 atom stereocenters. The number of halogens is 2. The van der Waals surface area contributed by atoms with E-state index in [-0.39, 0.29) is 35.1 Å². The normalized spacial score (nSPS) is 12.1. The van der Waals surface area contributed by atoms with E-state index >= 15 is 0 Å². The number of terminal acetylenes is 1. The number of ether oxygens (including phenoxy) is 1. The van der Waals surface area contributed by atoms with Crippen LogP contribution in [-0.4, -0.2) is 27.4 Å². The smallest absolute Gasteiger partial charge is 0.312 e. The van der Waals surface area contributed by atoms with Gasteiger partial charge >= 0.3 is 5.69 Å². The van der Waals surface area contributed by atoms with Crippen LogP contribution in [0.5, 0.6) is 5.75 Å². The van der Waals surface area contributed by atoms with E-state index in [0.29, 0.717) is 21.2 Å². The summed E-state index contributed by atoms with van der Waals surface area (Å²) in [7, 11) is 0. The fraction of sp³-hybridized carbons (Fsp3) is 0.227. The zero-order valence-electron chi connectivity index (χ0n) is 17.2. The van der Waals surface area contributed by atoms with Crippen molar-refractivity contribution in [3.05, 3.63) is 71.1 Å². The van der Waals surface area contributed by atoms with Crippen molar-refractivity contribution in [3.63, 3.8) is 0 Å². The van der Waals surface area contributed by atoms with Crippen molar-refractivity contribution in [1.82, 2.24) is 9.66 Å². The molecule has 0 saturated carbocycles. The van der Waals surface area contributed by atoms with E-state index in [1.54, 1.807) is 18.2 Å². The first kappa shape index (κ1) is 23.6. The fourth-order valence-electron chi connectivity index (χ4n) is 3.00. The lowest BCUT2D eigenvalue weighted by atomic mass is 10.1. The Balaban J connectivity index is 2.24. The summed E-state index contributed by atoms with van der Waals surface area (Å²) in [6, 6.07) is 8.18. The number of benzene rings is 2. The summed E-state index contributed by atoms with van der Waals surface area (Å²) in [5.74, 6) is 2.69. The molecule has 1 aromatic heterocycles. The fourth-order valence-corrected chi connectivity index (χ4v) is 3.83. The van der Waals surface area contributed by atoms with Gasteiger partial charge in [0.25, 0.3) is 5.56 Å². The van der Waals surface area contributed by atoms with Crippen molar-refractivity contribution in [2.75, 3.05) is 6.61 Å². The maximum atomic E-state index is 13.3. The van der Waals surface area contributed by atoms with Crippen molar-refractivity contribution >= 4 is 54.7 Å². The van der Waals surface area contributed by atoms with Gasteiger partial charge in [0.05, 0.1) is 22.0 Å². The Labute approximate surface area is 200 Å². The highest BCUT2D eigenvalue weighted by Gasteiger charge is 2.21. The molecule has 0 aliphatic carbocycles. The topological polar surface area (TPSA) is 99.6 Å². The second kappa shape index (κ2) is 10.1. The van der Waals surface area contributed by atoms with E-state index in [0.717, 1.165) is 10.9 Å². The van der Waals surface area contributed by atoms with Crippen LogP contribution in [-0.2, 0) is 0 Å². The molecule has 10 heteroatoms. The molecule has 32 heavy (non-hydrogen) atoms. The largest absolute Gasteiger partial charge is 0.473 e. The van der Waals surface area contributed by atoms with Crippen LogP contribution < -0.4 is 10.3 Å². The van der Waals surface area contributed by atoms with Crippen LogP contribution in [0.2, 0.25) is 0 Å². The summed E-state index contributed by atoms with van der Waals surface area (Å²) < 4.78 is 7.85. The Kier molecular flexibility index (Phi) is 7.43. The predicted molar refractivity (Wildman–Crippen MR) is 131 cm³/mol. The lowest BCUT2D eigenvalue weighted by Crippen LogP contribution is -2.23. The monoisotopic (exact) mass is 560 g/mol. The van der Waals surface area contributed by atoms with Crippen LogP contribution in [0.15, 0.2) is 49.2 Å². The number of rotatable bonds is 7. The Morgan fingerprint density at radius 3 is 2.75 bits per heavy atom. The predicted octanol–water partition coefficient (Wildman–Crippen LogP) is 5.24. The van der Waals surface area contributed by atoms with Crippen molar-refractivity contribution in [3.8, 4) is 18.1 Å². The molecule has 1 heterocycles. The third-order valence-electron chi connectivity index (χ3n) is 4.76. The molecule has 0 aliphatic heterocycles. The van der Waals surface area contributed by atoms with E-state index in [2.05, 4.69) is 47.9 Å². The third kappa shape index (κ3) is 4.89. The Morgan fingerprint density at radius 1 is 1.34 bits per heavy atom. The van der Waals surface area contributed by atoms with Crippen molar-refractivity contribution in [2.24, 2.45) is 5.10 Å². The lowest BCUT2D eigenvalue weighted by Gasteiger charge is -2.14. The van der Waals surface area contributed by atoms with Gasteiger partial charge in [-0.15, -0.1) is 6.42 Å². The van der Waals surface area contributed by atoms with Gasteiger partial charge in [-0.1, -0.05) is 51.6 Å². The van der Waals surface area contributed by atoms with Crippen molar-refractivity contribution < 1.29 is 9.66 Å². The number of hydrogen-bond acceptors (Lipinski definition) is 6. The zero-order chi connectivity index (χ0) is 23.4. The number of aromatic nitrogens is 2. The lowest BCUT2D eigenvalue weighted by molar-refractivity contribution is -0.385. The quantitative estimate of drug-likeness (QED) is 0.170. The van der Waals surface area contributed by atoms with Gasteiger partial charge in [0, 0.05) is 26.5 Å². The van der Waals surface area contributed by atoms with Gasteiger partial charge in [-0.3, -0.25) is 14.9 Å². The van der Waals surface area contributed by atoms with Crippen molar-refractivity contribution in [1.29, 1.82) is 0 Å². The molecule has 0 aliphatic rings. The summed E-state index contributed by atoms with van der Waals surface area (Å²) in [6.45, 7) is 3.77. The highest BCUT2D eigenvalue weighted by atomic mass is 79.9. The van der Waals surface area contributed by atoms with Crippen LogP contribution in [0.1, 0.15) is 37.6 Å².